The molecule has 2 N–H and O–H groups in total. The second-order valence-electron chi connectivity index (χ2n) is 4.86. The lowest BCUT2D eigenvalue weighted by atomic mass is 9.98. The van der Waals surface area contributed by atoms with E-state index in [2.05, 4.69) is 30.4 Å². The van der Waals surface area contributed by atoms with Crippen molar-refractivity contribution in [1.82, 2.24) is 25.1 Å². The van der Waals surface area contributed by atoms with Crippen LogP contribution in [0.4, 0.5) is 9.93 Å². The number of hydrogen-bond acceptors (Lipinski definition) is 5. The van der Waals surface area contributed by atoms with Crippen molar-refractivity contribution >= 4 is 22.5 Å². The Balaban J connectivity index is 1.47. The molecule has 2 aromatic rings. The number of imidazole rings is 1. The van der Waals surface area contributed by atoms with E-state index in [1.807, 2.05) is 19.3 Å². The molecule has 0 saturated heterocycles. The third-order valence-electron chi connectivity index (χ3n) is 3.35. The minimum absolute atomic E-state index is 0.227. The van der Waals surface area contributed by atoms with Gasteiger partial charge < -0.3 is 9.88 Å². The van der Waals surface area contributed by atoms with Gasteiger partial charge in [0, 0.05) is 31.9 Å². The second-order valence-corrected chi connectivity index (χ2v) is 6.04. The van der Waals surface area contributed by atoms with E-state index in [0.29, 0.717) is 17.6 Å². The third kappa shape index (κ3) is 2.96. The lowest BCUT2D eigenvalue weighted by Crippen LogP contribution is -2.35. The zero-order valence-electron chi connectivity index (χ0n) is 11.2. The highest BCUT2D eigenvalue weighted by molar-refractivity contribution is 7.15. The zero-order valence-corrected chi connectivity index (χ0v) is 12.0. The molecule has 7 nitrogen and oxygen atoms in total. The van der Waals surface area contributed by atoms with Crippen LogP contribution in [-0.4, -0.2) is 32.3 Å². The Morgan fingerprint density at radius 2 is 2.45 bits per heavy atom. The molecule has 20 heavy (non-hydrogen) atoms. The van der Waals surface area contributed by atoms with Crippen molar-refractivity contribution in [3.63, 3.8) is 0 Å². The highest BCUT2D eigenvalue weighted by Gasteiger charge is 2.19. The fourth-order valence-corrected chi connectivity index (χ4v) is 2.90. The average molecular weight is 292 g/mol. The van der Waals surface area contributed by atoms with E-state index in [9.17, 15) is 4.79 Å². The zero-order chi connectivity index (χ0) is 13.9. The summed E-state index contributed by atoms with van der Waals surface area (Å²) >= 11 is 1.36. The van der Waals surface area contributed by atoms with Crippen molar-refractivity contribution < 1.29 is 4.79 Å². The number of rotatable bonds is 3. The maximum Gasteiger partial charge on any atom is 0.321 e. The highest BCUT2D eigenvalue weighted by atomic mass is 32.1. The molecular formula is C12H16N6OS. The molecule has 0 aliphatic carbocycles. The third-order valence-corrected chi connectivity index (χ3v) is 4.10. The van der Waals surface area contributed by atoms with Gasteiger partial charge in [-0.15, -0.1) is 10.2 Å². The fourth-order valence-electron chi connectivity index (χ4n) is 2.32. The molecule has 0 spiro atoms. The molecule has 0 aromatic carbocycles. The largest absolute Gasteiger partial charge is 0.338 e. The number of fused-ring (bicyclic) bond motifs is 1. The van der Waals surface area contributed by atoms with Gasteiger partial charge in [0.15, 0.2) is 0 Å². The molecule has 0 fully saturated rings. The van der Waals surface area contributed by atoms with E-state index < -0.39 is 0 Å². The van der Waals surface area contributed by atoms with Crippen LogP contribution in [0.25, 0.3) is 0 Å². The van der Waals surface area contributed by atoms with Gasteiger partial charge >= 0.3 is 6.03 Å². The van der Waals surface area contributed by atoms with Crippen molar-refractivity contribution in [3.05, 3.63) is 23.2 Å². The molecule has 8 heteroatoms. The monoisotopic (exact) mass is 292 g/mol. The number of aromatic nitrogens is 4. The van der Waals surface area contributed by atoms with Gasteiger partial charge in [-0.25, -0.2) is 9.78 Å². The van der Waals surface area contributed by atoms with Crippen LogP contribution < -0.4 is 10.6 Å². The first kappa shape index (κ1) is 13.0. The van der Waals surface area contributed by atoms with Crippen LogP contribution >= 0.6 is 11.3 Å². The molecule has 3 heterocycles. The predicted molar refractivity (Wildman–Crippen MR) is 75.7 cm³/mol. The number of aryl methyl sites for hydroxylation is 2. The fraction of sp³-hybridized carbons (Fsp3) is 0.500. The molecule has 2 aromatic heterocycles. The SMILES string of the molecule is Cc1nnc(NC(=O)NCC2CCn3ccnc3C2)s1. The van der Waals surface area contributed by atoms with Crippen LogP contribution in [0.3, 0.4) is 0 Å². The van der Waals surface area contributed by atoms with Gasteiger partial charge in [0.05, 0.1) is 0 Å². The summed E-state index contributed by atoms with van der Waals surface area (Å²) in [5.41, 5.74) is 0. The van der Waals surface area contributed by atoms with Crippen LogP contribution in [0.5, 0.6) is 0 Å². The second kappa shape index (κ2) is 5.58. The molecule has 0 saturated carbocycles. The number of urea groups is 1. The van der Waals surface area contributed by atoms with E-state index in [0.717, 1.165) is 30.2 Å². The molecule has 1 unspecified atom stereocenters. The molecular weight excluding hydrogens is 276 g/mol. The van der Waals surface area contributed by atoms with Gasteiger partial charge in [0.1, 0.15) is 10.8 Å². The lowest BCUT2D eigenvalue weighted by Gasteiger charge is -2.23. The van der Waals surface area contributed by atoms with Gasteiger partial charge in [-0.1, -0.05) is 11.3 Å². The summed E-state index contributed by atoms with van der Waals surface area (Å²) in [7, 11) is 0. The smallest absolute Gasteiger partial charge is 0.321 e. The van der Waals surface area contributed by atoms with Gasteiger partial charge in [-0.05, 0) is 19.3 Å². The van der Waals surface area contributed by atoms with Crippen LogP contribution in [0, 0.1) is 12.8 Å². The first-order valence-electron chi connectivity index (χ1n) is 6.55. The Morgan fingerprint density at radius 3 is 3.25 bits per heavy atom. The predicted octanol–water partition coefficient (Wildman–Crippen LogP) is 1.43. The maximum absolute atomic E-state index is 11.8. The summed E-state index contributed by atoms with van der Waals surface area (Å²) in [6.07, 6.45) is 5.80. The number of anilines is 1. The number of hydrogen-bond donors (Lipinski definition) is 2. The van der Waals surface area contributed by atoms with Crippen molar-refractivity contribution in [1.29, 1.82) is 0 Å². The highest BCUT2D eigenvalue weighted by Crippen LogP contribution is 2.18. The summed E-state index contributed by atoms with van der Waals surface area (Å²) in [6.45, 7) is 3.47. The van der Waals surface area contributed by atoms with E-state index in [1.54, 1.807) is 0 Å². The van der Waals surface area contributed by atoms with Gasteiger partial charge in [-0.2, -0.15) is 0 Å². The van der Waals surface area contributed by atoms with Crippen LogP contribution in [-0.2, 0) is 13.0 Å². The minimum atomic E-state index is -0.227. The van der Waals surface area contributed by atoms with Gasteiger partial charge in [-0.3, -0.25) is 5.32 Å². The van der Waals surface area contributed by atoms with E-state index in [1.165, 1.54) is 11.3 Å². The molecule has 0 bridgehead atoms. The average Bonchev–Trinajstić information content (AvgIpc) is 3.04. The van der Waals surface area contributed by atoms with Crippen LogP contribution in [0.15, 0.2) is 12.4 Å². The molecule has 1 aliphatic rings. The first-order chi connectivity index (χ1) is 9.70. The standard InChI is InChI=1S/C12H16N6OS/c1-8-16-17-12(20-8)15-11(19)14-7-9-2-4-18-5-3-13-10(18)6-9/h3,5,9H,2,4,6-7H2,1H3,(H2,14,15,17,19). The summed E-state index contributed by atoms with van der Waals surface area (Å²) in [5.74, 6) is 1.54. The summed E-state index contributed by atoms with van der Waals surface area (Å²) < 4.78 is 2.17. The topological polar surface area (TPSA) is 84.7 Å². The Labute approximate surface area is 120 Å². The minimum Gasteiger partial charge on any atom is -0.338 e. The first-order valence-corrected chi connectivity index (χ1v) is 7.37. The Hall–Kier alpha value is -1.96. The molecule has 2 amide bonds. The lowest BCUT2D eigenvalue weighted by molar-refractivity contribution is 0.248. The summed E-state index contributed by atoms with van der Waals surface area (Å²) in [6, 6.07) is -0.227. The summed E-state index contributed by atoms with van der Waals surface area (Å²) in [4.78, 5) is 16.1. The van der Waals surface area contributed by atoms with Gasteiger partial charge in [0.25, 0.3) is 0 Å². The number of amides is 2. The van der Waals surface area contributed by atoms with E-state index in [-0.39, 0.29) is 6.03 Å². The van der Waals surface area contributed by atoms with E-state index in [4.69, 9.17) is 0 Å². The maximum atomic E-state index is 11.8. The number of carbonyl (C=O) groups excluding carboxylic acids is 1. The normalized spacial score (nSPS) is 17.6. The van der Waals surface area contributed by atoms with Crippen molar-refractivity contribution in [3.8, 4) is 0 Å². The van der Waals surface area contributed by atoms with Crippen molar-refractivity contribution in [2.24, 2.45) is 5.92 Å². The molecule has 3 rings (SSSR count). The van der Waals surface area contributed by atoms with Gasteiger partial charge in [0.2, 0.25) is 5.13 Å². The Morgan fingerprint density at radius 1 is 1.55 bits per heavy atom. The molecule has 106 valence electrons. The summed E-state index contributed by atoms with van der Waals surface area (Å²) in [5, 5.41) is 14.6. The van der Waals surface area contributed by atoms with E-state index >= 15 is 0 Å². The number of nitrogens with one attached hydrogen (secondary N) is 2. The van der Waals surface area contributed by atoms with Crippen molar-refractivity contribution in [2.45, 2.75) is 26.3 Å². The Kier molecular flexibility index (Phi) is 3.64. The number of carbonyl (C=O) groups is 1. The van der Waals surface area contributed by atoms with Crippen LogP contribution in [0.1, 0.15) is 17.3 Å². The number of nitrogens with zero attached hydrogens (tertiary/aromatic N) is 4. The van der Waals surface area contributed by atoms with Crippen LogP contribution in [0.2, 0.25) is 0 Å². The molecule has 1 atom stereocenters. The van der Waals surface area contributed by atoms with Crippen molar-refractivity contribution in [2.75, 3.05) is 11.9 Å². The molecule has 1 aliphatic heterocycles. The molecule has 0 radical (unpaired) electrons. The Bertz CT molecular complexity index is 607. The quantitative estimate of drug-likeness (QED) is 0.896.